The zero-order valence-corrected chi connectivity index (χ0v) is 26.0. The first-order chi connectivity index (χ1) is 23.6. The van der Waals surface area contributed by atoms with Gasteiger partial charge in [-0.25, -0.2) is 15.0 Å². The van der Waals surface area contributed by atoms with E-state index < -0.39 is 0 Å². The van der Waals surface area contributed by atoms with Gasteiger partial charge >= 0.3 is 0 Å². The SMILES string of the molecule is C/C=C(/c1cccc(-c2nc(-c3ccccc3)nc(-c3cccc4oc5ccccc5c34)n2)c1)c1c(N)oc2cc3ccccc3cc12. The summed E-state index contributed by atoms with van der Waals surface area (Å²) in [7, 11) is 0. The van der Waals surface area contributed by atoms with Crippen LogP contribution in [0.2, 0.25) is 0 Å². The van der Waals surface area contributed by atoms with Gasteiger partial charge in [0, 0.05) is 32.8 Å². The van der Waals surface area contributed by atoms with Gasteiger partial charge in [0.15, 0.2) is 23.4 Å². The van der Waals surface area contributed by atoms with Gasteiger partial charge < -0.3 is 14.6 Å². The number of aromatic nitrogens is 3. The van der Waals surface area contributed by atoms with Crippen LogP contribution in [0.3, 0.4) is 0 Å². The Morgan fingerprint density at radius 2 is 1.23 bits per heavy atom. The predicted molar refractivity (Wildman–Crippen MR) is 194 cm³/mol. The number of benzene rings is 6. The second-order valence-electron chi connectivity index (χ2n) is 11.8. The molecule has 9 aromatic rings. The molecule has 6 nitrogen and oxygen atoms in total. The molecule has 0 unspecified atom stereocenters. The van der Waals surface area contributed by atoms with Crippen molar-refractivity contribution in [3.8, 4) is 34.2 Å². The molecule has 228 valence electrons. The third-order valence-corrected chi connectivity index (χ3v) is 8.88. The molecule has 0 atom stereocenters. The van der Waals surface area contributed by atoms with Gasteiger partial charge in [-0.1, -0.05) is 109 Å². The summed E-state index contributed by atoms with van der Waals surface area (Å²) in [6, 6.07) is 44.8. The molecule has 3 aromatic heterocycles. The van der Waals surface area contributed by atoms with Crippen molar-refractivity contribution in [2.45, 2.75) is 6.92 Å². The van der Waals surface area contributed by atoms with E-state index in [1.165, 1.54) is 0 Å². The maximum absolute atomic E-state index is 6.58. The van der Waals surface area contributed by atoms with E-state index in [-0.39, 0.29) is 0 Å². The molecule has 0 bridgehead atoms. The summed E-state index contributed by atoms with van der Waals surface area (Å²) in [6.07, 6.45) is 2.08. The topological polar surface area (TPSA) is 91.0 Å². The second kappa shape index (κ2) is 11.1. The normalized spacial score (nSPS) is 12.1. The molecule has 3 heterocycles. The van der Waals surface area contributed by atoms with E-state index in [0.717, 1.165) is 77.1 Å². The van der Waals surface area contributed by atoms with Crippen LogP contribution in [0.5, 0.6) is 0 Å². The molecule has 0 spiro atoms. The third kappa shape index (κ3) is 4.54. The Labute approximate surface area is 275 Å². The molecule has 0 aliphatic heterocycles. The van der Waals surface area contributed by atoms with E-state index in [2.05, 4.69) is 48.5 Å². The summed E-state index contributed by atoms with van der Waals surface area (Å²) in [4.78, 5) is 15.1. The molecular weight excluding hydrogens is 592 g/mol. The van der Waals surface area contributed by atoms with Crippen LogP contribution < -0.4 is 5.73 Å². The number of para-hydroxylation sites is 1. The average Bonchev–Trinajstić information content (AvgIpc) is 3.68. The van der Waals surface area contributed by atoms with Crippen LogP contribution in [0.25, 0.3) is 83.4 Å². The molecule has 2 N–H and O–H groups in total. The van der Waals surface area contributed by atoms with Gasteiger partial charge in [0.1, 0.15) is 16.7 Å². The molecule has 6 aromatic carbocycles. The standard InChI is InChI=1S/C42H28N4O2/c1-2-30(38-33-23-26-14-6-7-15-27(26)24-36(33)48-39(38)43)28-16-10-17-29(22-28)41-44-40(25-12-4-3-5-13-25)45-42(46-41)32-19-11-21-35-37(32)31-18-8-9-20-34(31)47-35/h2-24H,43H2,1H3/b30-2-. The van der Waals surface area contributed by atoms with Crippen LogP contribution in [0.15, 0.2) is 148 Å². The Kier molecular flexibility index (Phi) is 6.40. The highest BCUT2D eigenvalue weighted by atomic mass is 16.3. The van der Waals surface area contributed by atoms with Crippen LogP contribution in [-0.2, 0) is 0 Å². The lowest BCUT2D eigenvalue weighted by atomic mass is 9.94. The molecule has 0 amide bonds. The number of hydrogen-bond acceptors (Lipinski definition) is 6. The third-order valence-electron chi connectivity index (χ3n) is 8.88. The number of furan rings is 2. The highest BCUT2D eigenvalue weighted by molar-refractivity contribution is 6.12. The van der Waals surface area contributed by atoms with Crippen molar-refractivity contribution in [3.63, 3.8) is 0 Å². The number of hydrogen-bond donors (Lipinski definition) is 1. The van der Waals surface area contributed by atoms with E-state index in [9.17, 15) is 0 Å². The Balaban J connectivity index is 1.22. The quantitative estimate of drug-likeness (QED) is 0.206. The van der Waals surface area contributed by atoms with Crippen LogP contribution >= 0.6 is 0 Å². The van der Waals surface area contributed by atoms with Crippen LogP contribution in [0, 0.1) is 0 Å². The van der Waals surface area contributed by atoms with E-state index >= 15 is 0 Å². The van der Waals surface area contributed by atoms with Crippen molar-refractivity contribution in [3.05, 3.63) is 151 Å². The van der Waals surface area contributed by atoms with Gasteiger partial charge in [-0.05, 0) is 59.2 Å². The number of allylic oxidation sites excluding steroid dienone is 1. The Morgan fingerprint density at radius 1 is 0.562 bits per heavy atom. The van der Waals surface area contributed by atoms with Gasteiger partial charge in [-0.15, -0.1) is 0 Å². The number of nitrogens with two attached hydrogens (primary N) is 1. The molecule has 0 saturated heterocycles. The molecular formula is C42H28N4O2. The summed E-state index contributed by atoms with van der Waals surface area (Å²) in [5.74, 6) is 2.11. The highest BCUT2D eigenvalue weighted by Gasteiger charge is 2.20. The molecule has 0 aliphatic carbocycles. The average molecular weight is 621 g/mol. The lowest BCUT2D eigenvalue weighted by Crippen LogP contribution is -2.01. The van der Waals surface area contributed by atoms with Gasteiger partial charge in [0.05, 0.1) is 5.56 Å². The first-order valence-corrected chi connectivity index (χ1v) is 15.8. The fourth-order valence-electron chi connectivity index (χ4n) is 6.66. The van der Waals surface area contributed by atoms with Gasteiger partial charge in [-0.3, -0.25) is 0 Å². The van der Waals surface area contributed by atoms with Crippen molar-refractivity contribution in [1.82, 2.24) is 15.0 Å². The Bertz CT molecular complexity index is 2700. The molecule has 6 heteroatoms. The summed E-state index contributed by atoms with van der Waals surface area (Å²) in [6.45, 7) is 2.02. The van der Waals surface area contributed by atoms with E-state index in [0.29, 0.717) is 23.4 Å². The molecule has 0 saturated carbocycles. The van der Waals surface area contributed by atoms with Crippen molar-refractivity contribution < 1.29 is 8.83 Å². The fourth-order valence-corrected chi connectivity index (χ4v) is 6.66. The molecule has 0 aliphatic rings. The minimum absolute atomic E-state index is 0.382. The summed E-state index contributed by atoms with van der Waals surface area (Å²) in [5, 5.41) is 5.20. The highest BCUT2D eigenvalue weighted by Crippen LogP contribution is 2.40. The predicted octanol–water partition coefficient (Wildman–Crippen LogP) is 10.7. The minimum Gasteiger partial charge on any atom is -0.456 e. The minimum atomic E-state index is 0.382. The lowest BCUT2D eigenvalue weighted by Gasteiger charge is -2.12. The van der Waals surface area contributed by atoms with E-state index in [1.54, 1.807) is 0 Å². The summed E-state index contributed by atoms with van der Waals surface area (Å²) < 4.78 is 12.3. The Morgan fingerprint density at radius 3 is 2.06 bits per heavy atom. The van der Waals surface area contributed by atoms with Crippen molar-refractivity contribution in [2.24, 2.45) is 0 Å². The number of fused-ring (bicyclic) bond motifs is 5. The molecule has 0 fully saturated rings. The number of nitrogen functional groups attached to an aromatic ring is 1. The fraction of sp³-hybridized carbons (Fsp3) is 0.0238. The van der Waals surface area contributed by atoms with Crippen LogP contribution in [0.1, 0.15) is 18.1 Å². The van der Waals surface area contributed by atoms with Gasteiger partial charge in [0.25, 0.3) is 0 Å². The van der Waals surface area contributed by atoms with Crippen molar-refractivity contribution in [1.29, 1.82) is 0 Å². The monoisotopic (exact) mass is 620 g/mol. The summed E-state index contributed by atoms with van der Waals surface area (Å²) in [5.41, 5.74) is 14.4. The first kappa shape index (κ1) is 27.8. The van der Waals surface area contributed by atoms with Crippen LogP contribution in [0.4, 0.5) is 5.88 Å². The molecule has 48 heavy (non-hydrogen) atoms. The maximum atomic E-state index is 6.58. The maximum Gasteiger partial charge on any atom is 0.199 e. The van der Waals surface area contributed by atoms with Gasteiger partial charge in [0.2, 0.25) is 0 Å². The summed E-state index contributed by atoms with van der Waals surface area (Å²) >= 11 is 0. The smallest absolute Gasteiger partial charge is 0.199 e. The van der Waals surface area contributed by atoms with Crippen LogP contribution in [-0.4, -0.2) is 15.0 Å². The Hall–Kier alpha value is -6.53. The van der Waals surface area contributed by atoms with Crippen molar-refractivity contribution >= 4 is 55.1 Å². The van der Waals surface area contributed by atoms with Crippen molar-refractivity contribution in [2.75, 3.05) is 5.73 Å². The molecule has 0 radical (unpaired) electrons. The molecule has 9 rings (SSSR count). The second-order valence-corrected chi connectivity index (χ2v) is 11.8. The van der Waals surface area contributed by atoms with Gasteiger partial charge in [-0.2, -0.15) is 0 Å². The first-order valence-electron chi connectivity index (χ1n) is 15.8. The number of nitrogens with zero attached hydrogens (tertiary/aromatic N) is 3. The lowest BCUT2D eigenvalue weighted by molar-refractivity contribution is 0.637. The zero-order chi connectivity index (χ0) is 32.2. The number of rotatable bonds is 5. The van der Waals surface area contributed by atoms with E-state index in [1.807, 2.05) is 97.9 Å². The zero-order valence-electron chi connectivity index (χ0n) is 26.0. The largest absolute Gasteiger partial charge is 0.456 e. The van der Waals surface area contributed by atoms with E-state index in [4.69, 9.17) is 29.5 Å². The number of anilines is 1.